The van der Waals surface area contributed by atoms with Gasteiger partial charge in [-0.2, -0.15) is 11.8 Å². The Labute approximate surface area is 133 Å². The van der Waals surface area contributed by atoms with E-state index in [0.717, 1.165) is 6.54 Å². The largest absolute Gasteiger partial charge is 0.310 e. The van der Waals surface area contributed by atoms with Crippen LogP contribution in [0.5, 0.6) is 0 Å². The third-order valence-electron chi connectivity index (χ3n) is 3.70. The van der Waals surface area contributed by atoms with Crippen molar-refractivity contribution in [3.8, 4) is 0 Å². The zero-order valence-electron chi connectivity index (χ0n) is 11.9. The van der Waals surface area contributed by atoms with Gasteiger partial charge in [-0.1, -0.05) is 13.0 Å². The van der Waals surface area contributed by atoms with Gasteiger partial charge < -0.3 is 5.32 Å². The molecule has 0 saturated heterocycles. The lowest BCUT2D eigenvalue weighted by molar-refractivity contribution is 0.524. The van der Waals surface area contributed by atoms with Crippen molar-refractivity contribution in [2.45, 2.75) is 38.0 Å². The molecule has 0 aliphatic carbocycles. The molecule has 2 aromatic heterocycles. The highest BCUT2D eigenvalue weighted by molar-refractivity contribution is 7.98. The zero-order chi connectivity index (χ0) is 13.8. The average Bonchev–Trinajstić information content (AvgIpc) is 3.12. The van der Waals surface area contributed by atoms with Crippen molar-refractivity contribution in [3.05, 3.63) is 43.8 Å². The summed E-state index contributed by atoms with van der Waals surface area (Å²) in [7, 11) is 0. The topological polar surface area (TPSA) is 12.0 Å². The first-order valence-corrected chi connectivity index (χ1v) is 10.2. The number of hydrogen-bond donors (Lipinski definition) is 1. The van der Waals surface area contributed by atoms with Gasteiger partial charge in [0.1, 0.15) is 0 Å². The monoisotopic (exact) mass is 323 g/mol. The summed E-state index contributed by atoms with van der Waals surface area (Å²) in [5.74, 6) is 2.52. The summed E-state index contributed by atoms with van der Waals surface area (Å²) in [5.41, 5.74) is 1.60. The van der Waals surface area contributed by atoms with E-state index in [9.17, 15) is 0 Å². The molecule has 0 amide bonds. The maximum Gasteiger partial charge on any atom is 0.0418 e. The lowest BCUT2D eigenvalue weighted by Gasteiger charge is -2.15. The maximum atomic E-state index is 3.68. The number of nitrogens with one attached hydrogen (secondary N) is 1. The number of hydrogen-bond acceptors (Lipinski definition) is 4. The summed E-state index contributed by atoms with van der Waals surface area (Å²) in [6.07, 6.45) is 3.67. The average molecular weight is 324 g/mol. The van der Waals surface area contributed by atoms with Crippen molar-refractivity contribution in [3.63, 3.8) is 0 Å². The smallest absolute Gasteiger partial charge is 0.0418 e. The number of aryl methyl sites for hydroxylation is 2. The van der Waals surface area contributed by atoms with Crippen LogP contribution in [0, 0.1) is 0 Å². The second kappa shape index (κ2) is 7.12. The molecular formula is C16H21NS3. The van der Waals surface area contributed by atoms with Gasteiger partial charge in [0.2, 0.25) is 0 Å². The Morgan fingerprint density at radius 3 is 3.10 bits per heavy atom. The molecular weight excluding hydrogens is 302 g/mol. The third-order valence-corrected chi connectivity index (χ3v) is 7.00. The van der Waals surface area contributed by atoms with Crippen LogP contribution >= 0.6 is 34.4 Å². The van der Waals surface area contributed by atoms with Crippen LogP contribution in [0.3, 0.4) is 0 Å². The van der Waals surface area contributed by atoms with Crippen LogP contribution in [0.1, 0.15) is 39.6 Å². The molecule has 3 heterocycles. The van der Waals surface area contributed by atoms with Crippen molar-refractivity contribution in [1.29, 1.82) is 0 Å². The Hall–Kier alpha value is -0.290. The molecule has 1 atom stereocenters. The maximum absolute atomic E-state index is 3.68. The Morgan fingerprint density at radius 2 is 2.35 bits per heavy atom. The van der Waals surface area contributed by atoms with Gasteiger partial charge in [0.15, 0.2) is 0 Å². The van der Waals surface area contributed by atoms with Gasteiger partial charge in [0.25, 0.3) is 0 Å². The molecule has 1 N–H and O–H groups in total. The minimum atomic E-state index is 0.530. The van der Waals surface area contributed by atoms with Gasteiger partial charge in [0, 0.05) is 26.4 Å². The molecule has 0 fully saturated rings. The predicted molar refractivity (Wildman–Crippen MR) is 93.2 cm³/mol. The minimum Gasteiger partial charge on any atom is -0.310 e. The summed E-state index contributed by atoms with van der Waals surface area (Å²) in [6, 6.07) is 7.41. The molecule has 1 nitrogen and oxygen atoms in total. The van der Waals surface area contributed by atoms with E-state index >= 15 is 0 Å². The predicted octanol–water partition coefficient (Wildman–Crippen LogP) is 4.88. The molecule has 3 rings (SSSR count). The molecule has 0 spiro atoms. The first-order chi connectivity index (χ1) is 9.86. The van der Waals surface area contributed by atoms with E-state index in [-0.39, 0.29) is 0 Å². The number of thioether (sulfide) groups is 1. The minimum absolute atomic E-state index is 0.530. The molecule has 1 unspecified atom stereocenters. The van der Waals surface area contributed by atoms with Crippen LogP contribution in [0.15, 0.2) is 23.6 Å². The second-order valence-electron chi connectivity index (χ2n) is 5.13. The highest BCUT2D eigenvalue weighted by Crippen LogP contribution is 2.35. The van der Waals surface area contributed by atoms with Crippen LogP contribution in [-0.4, -0.2) is 12.3 Å². The Kier molecular flexibility index (Phi) is 5.21. The molecule has 1 aliphatic rings. The molecule has 0 saturated carbocycles. The summed E-state index contributed by atoms with van der Waals surface area (Å²) in [5, 5.41) is 5.86. The molecule has 2 aromatic rings. The van der Waals surface area contributed by atoms with E-state index in [4.69, 9.17) is 0 Å². The molecule has 108 valence electrons. The summed E-state index contributed by atoms with van der Waals surface area (Å²) in [4.78, 5) is 4.69. The van der Waals surface area contributed by atoms with Gasteiger partial charge in [-0.3, -0.25) is 0 Å². The summed E-state index contributed by atoms with van der Waals surface area (Å²) < 4.78 is 0. The lowest BCUT2D eigenvalue weighted by atomic mass is 10.1. The number of fused-ring (bicyclic) bond motifs is 1. The van der Waals surface area contributed by atoms with E-state index in [1.54, 1.807) is 15.3 Å². The van der Waals surface area contributed by atoms with Crippen molar-refractivity contribution in [2.75, 3.05) is 12.3 Å². The normalized spacial score (nSPS) is 16.1. The SMILES string of the molecule is CCNC(CCc1cccs1)c1cc2c(s1)CCSC2. The number of rotatable bonds is 6. The summed E-state index contributed by atoms with van der Waals surface area (Å²) in [6.45, 7) is 3.26. The molecule has 4 heteroatoms. The fourth-order valence-electron chi connectivity index (χ4n) is 2.67. The van der Waals surface area contributed by atoms with Crippen LogP contribution in [0.4, 0.5) is 0 Å². The summed E-state index contributed by atoms with van der Waals surface area (Å²) >= 11 is 6.00. The highest BCUT2D eigenvalue weighted by Gasteiger charge is 2.19. The molecule has 0 bridgehead atoms. The van der Waals surface area contributed by atoms with Gasteiger partial charge in [-0.05, 0) is 54.6 Å². The van der Waals surface area contributed by atoms with Crippen molar-refractivity contribution >= 4 is 34.4 Å². The Balaban J connectivity index is 1.70. The van der Waals surface area contributed by atoms with Gasteiger partial charge in [0.05, 0.1) is 0 Å². The van der Waals surface area contributed by atoms with Crippen molar-refractivity contribution < 1.29 is 0 Å². The van der Waals surface area contributed by atoms with Crippen molar-refractivity contribution in [2.24, 2.45) is 0 Å². The lowest BCUT2D eigenvalue weighted by Crippen LogP contribution is -2.20. The van der Waals surface area contributed by atoms with Crippen LogP contribution in [0.25, 0.3) is 0 Å². The molecule has 0 radical (unpaired) electrons. The first kappa shape index (κ1) is 14.6. The molecule has 0 aromatic carbocycles. The second-order valence-corrected chi connectivity index (χ2v) is 8.43. The Morgan fingerprint density at radius 1 is 1.40 bits per heavy atom. The van der Waals surface area contributed by atoms with E-state index in [0.29, 0.717) is 6.04 Å². The van der Waals surface area contributed by atoms with Crippen molar-refractivity contribution in [1.82, 2.24) is 5.32 Å². The Bertz CT molecular complexity index is 506. The van der Waals surface area contributed by atoms with Crippen LogP contribution in [-0.2, 0) is 18.6 Å². The van der Waals surface area contributed by atoms with E-state index in [2.05, 4.69) is 47.6 Å². The highest BCUT2D eigenvalue weighted by atomic mass is 32.2. The van der Waals surface area contributed by atoms with Crippen LogP contribution in [0.2, 0.25) is 0 Å². The van der Waals surface area contributed by atoms with Gasteiger partial charge >= 0.3 is 0 Å². The quantitative estimate of drug-likeness (QED) is 0.813. The fourth-order valence-corrected chi connectivity index (χ4v) is 5.89. The van der Waals surface area contributed by atoms with E-state index in [1.165, 1.54) is 35.6 Å². The molecule has 20 heavy (non-hydrogen) atoms. The fraction of sp³-hybridized carbons (Fsp3) is 0.500. The van der Waals surface area contributed by atoms with Crippen LogP contribution < -0.4 is 5.32 Å². The third kappa shape index (κ3) is 3.48. The van der Waals surface area contributed by atoms with Gasteiger partial charge in [-0.25, -0.2) is 0 Å². The van der Waals surface area contributed by atoms with E-state index in [1.807, 2.05) is 22.7 Å². The number of thiophene rings is 2. The molecule has 1 aliphatic heterocycles. The van der Waals surface area contributed by atoms with Gasteiger partial charge in [-0.15, -0.1) is 22.7 Å². The van der Waals surface area contributed by atoms with E-state index < -0.39 is 0 Å². The first-order valence-electron chi connectivity index (χ1n) is 7.32. The standard InChI is InChI=1S/C16H21NS3/c1-2-17-14(6-5-13-4-3-8-19-13)16-10-12-11-18-9-7-15(12)20-16/h3-4,8,10,14,17H,2,5-7,9,11H2,1H3. The zero-order valence-corrected chi connectivity index (χ0v) is 14.3.